The van der Waals surface area contributed by atoms with Gasteiger partial charge in [-0.3, -0.25) is 0 Å². The topological polar surface area (TPSA) is 26.0 Å². The van der Waals surface area contributed by atoms with Crippen LogP contribution in [0.4, 0.5) is 4.39 Å². The Kier molecular flexibility index (Phi) is 2.73. The van der Waals surface area contributed by atoms with Crippen molar-refractivity contribution >= 4 is 11.3 Å². The van der Waals surface area contributed by atoms with Gasteiger partial charge in [0, 0.05) is 15.3 Å². The molecular formula is C14H14FNS. The van der Waals surface area contributed by atoms with Crippen LogP contribution in [-0.4, -0.2) is 0 Å². The first kappa shape index (κ1) is 10.9. The van der Waals surface area contributed by atoms with Crippen LogP contribution in [0.3, 0.4) is 0 Å². The number of hydrogen-bond donors (Lipinski definition) is 1. The molecule has 3 rings (SSSR count). The predicted molar refractivity (Wildman–Crippen MR) is 68.8 cm³/mol. The first-order valence-corrected chi connectivity index (χ1v) is 6.69. The summed E-state index contributed by atoms with van der Waals surface area (Å²) in [7, 11) is 0. The molecule has 1 aromatic heterocycles. The van der Waals surface area contributed by atoms with Gasteiger partial charge in [0.25, 0.3) is 0 Å². The van der Waals surface area contributed by atoms with E-state index in [9.17, 15) is 4.39 Å². The average Bonchev–Trinajstić information content (AvgIpc) is 2.88. The minimum Gasteiger partial charge on any atom is -0.320 e. The van der Waals surface area contributed by atoms with Gasteiger partial charge in [0.15, 0.2) is 0 Å². The molecule has 1 aliphatic rings. The van der Waals surface area contributed by atoms with Crippen LogP contribution in [0, 0.1) is 5.82 Å². The molecule has 0 aliphatic heterocycles. The first-order valence-electron chi connectivity index (χ1n) is 5.87. The summed E-state index contributed by atoms with van der Waals surface area (Å²) in [5.41, 5.74) is 8.15. The van der Waals surface area contributed by atoms with Crippen molar-refractivity contribution in [1.82, 2.24) is 0 Å². The highest BCUT2D eigenvalue weighted by molar-refractivity contribution is 7.12. The lowest BCUT2D eigenvalue weighted by atomic mass is 10.0. The molecule has 88 valence electrons. The lowest BCUT2D eigenvalue weighted by Crippen LogP contribution is -2.12. The Morgan fingerprint density at radius 2 is 2.06 bits per heavy atom. The molecule has 3 heteroatoms. The average molecular weight is 247 g/mol. The molecule has 1 heterocycles. The molecule has 0 saturated carbocycles. The van der Waals surface area contributed by atoms with E-state index in [1.807, 2.05) is 6.07 Å². The number of fused-ring (bicyclic) bond motifs is 1. The van der Waals surface area contributed by atoms with Gasteiger partial charge in [-0.1, -0.05) is 18.2 Å². The summed E-state index contributed by atoms with van der Waals surface area (Å²) in [4.78, 5) is 2.52. The normalized spacial score (nSPS) is 15.9. The number of nitrogens with two attached hydrogens (primary N) is 1. The number of benzene rings is 1. The van der Waals surface area contributed by atoms with E-state index in [2.05, 4.69) is 6.07 Å². The maximum atomic E-state index is 13.7. The minimum absolute atomic E-state index is 0.214. The third-order valence-corrected chi connectivity index (χ3v) is 4.63. The van der Waals surface area contributed by atoms with Crippen molar-refractivity contribution in [2.24, 2.45) is 5.73 Å². The van der Waals surface area contributed by atoms with Crippen molar-refractivity contribution in [3.63, 3.8) is 0 Å². The summed E-state index contributed by atoms with van der Waals surface area (Å²) in [6.45, 7) is 0. The van der Waals surface area contributed by atoms with E-state index in [0.29, 0.717) is 5.56 Å². The quantitative estimate of drug-likeness (QED) is 0.864. The van der Waals surface area contributed by atoms with Crippen molar-refractivity contribution in [1.29, 1.82) is 0 Å². The van der Waals surface area contributed by atoms with Crippen molar-refractivity contribution < 1.29 is 4.39 Å². The molecule has 1 nitrogen and oxygen atoms in total. The molecule has 1 aromatic carbocycles. The van der Waals surface area contributed by atoms with Crippen LogP contribution < -0.4 is 5.73 Å². The molecule has 0 bridgehead atoms. The van der Waals surface area contributed by atoms with Crippen molar-refractivity contribution in [2.75, 3.05) is 0 Å². The Labute approximate surface area is 104 Å². The van der Waals surface area contributed by atoms with Gasteiger partial charge in [-0.05, 0) is 37.0 Å². The molecule has 0 radical (unpaired) electrons. The zero-order chi connectivity index (χ0) is 11.8. The molecule has 0 amide bonds. The highest BCUT2D eigenvalue weighted by Gasteiger charge is 2.20. The number of halogens is 1. The van der Waals surface area contributed by atoms with E-state index in [-0.39, 0.29) is 11.9 Å². The summed E-state index contributed by atoms with van der Waals surface area (Å²) >= 11 is 1.74. The highest BCUT2D eigenvalue weighted by Crippen LogP contribution is 2.35. The fraction of sp³-hybridized carbons (Fsp3) is 0.286. The van der Waals surface area contributed by atoms with Crippen molar-refractivity contribution in [3.05, 3.63) is 57.0 Å². The van der Waals surface area contributed by atoms with Gasteiger partial charge in [-0.2, -0.15) is 0 Å². The molecule has 2 aromatic rings. The first-order chi connectivity index (χ1) is 8.25. The lowest BCUT2D eigenvalue weighted by Gasteiger charge is -2.10. The summed E-state index contributed by atoms with van der Waals surface area (Å²) in [5.74, 6) is -0.214. The standard InChI is InChI=1S/C14H14FNS/c15-11-6-2-1-5-10(11)14(16)13-8-9-4-3-7-12(9)17-13/h1-2,5-6,8,14H,3-4,7,16H2. The molecule has 2 N–H and O–H groups in total. The fourth-order valence-electron chi connectivity index (χ4n) is 2.39. The van der Waals surface area contributed by atoms with Gasteiger partial charge < -0.3 is 5.73 Å². The Morgan fingerprint density at radius 1 is 1.24 bits per heavy atom. The van der Waals surface area contributed by atoms with Crippen LogP contribution >= 0.6 is 11.3 Å². The number of thiophene rings is 1. The third kappa shape index (κ3) is 1.90. The second-order valence-electron chi connectivity index (χ2n) is 4.45. The van der Waals surface area contributed by atoms with Gasteiger partial charge >= 0.3 is 0 Å². The van der Waals surface area contributed by atoms with Crippen LogP contribution in [0.25, 0.3) is 0 Å². The fourth-order valence-corrected chi connectivity index (χ4v) is 3.66. The van der Waals surface area contributed by atoms with Gasteiger partial charge in [-0.25, -0.2) is 4.39 Å². The van der Waals surface area contributed by atoms with Gasteiger partial charge in [0.2, 0.25) is 0 Å². The SMILES string of the molecule is NC(c1cc2c(s1)CCC2)c1ccccc1F. The van der Waals surface area contributed by atoms with Crippen LogP contribution in [0.15, 0.2) is 30.3 Å². The lowest BCUT2D eigenvalue weighted by molar-refractivity contribution is 0.601. The molecule has 1 unspecified atom stereocenters. The van der Waals surface area contributed by atoms with Crippen molar-refractivity contribution in [3.8, 4) is 0 Å². The van der Waals surface area contributed by atoms with E-state index in [0.717, 1.165) is 17.7 Å². The van der Waals surface area contributed by atoms with Crippen LogP contribution in [0.2, 0.25) is 0 Å². The van der Waals surface area contributed by atoms with E-state index in [4.69, 9.17) is 5.73 Å². The van der Waals surface area contributed by atoms with Crippen LogP contribution in [-0.2, 0) is 12.8 Å². The Morgan fingerprint density at radius 3 is 2.82 bits per heavy atom. The maximum absolute atomic E-state index is 13.7. The van der Waals surface area contributed by atoms with Gasteiger partial charge in [-0.15, -0.1) is 11.3 Å². The van der Waals surface area contributed by atoms with Crippen LogP contribution in [0.5, 0.6) is 0 Å². The molecule has 0 saturated heterocycles. The highest BCUT2D eigenvalue weighted by atomic mass is 32.1. The molecule has 1 atom stereocenters. The molecule has 0 fully saturated rings. The summed E-state index contributed by atoms with van der Waals surface area (Å²) in [6.07, 6.45) is 3.55. The molecule has 1 aliphatic carbocycles. The summed E-state index contributed by atoms with van der Waals surface area (Å²) < 4.78 is 13.7. The Balaban J connectivity index is 1.96. The van der Waals surface area contributed by atoms with Gasteiger partial charge in [0.1, 0.15) is 5.82 Å². The van der Waals surface area contributed by atoms with E-state index in [1.54, 1.807) is 23.5 Å². The largest absolute Gasteiger partial charge is 0.320 e. The number of rotatable bonds is 2. The summed E-state index contributed by atoms with van der Waals surface area (Å²) in [5, 5.41) is 0. The number of aryl methyl sites for hydroxylation is 2. The maximum Gasteiger partial charge on any atom is 0.128 e. The van der Waals surface area contributed by atoms with Gasteiger partial charge in [0.05, 0.1) is 6.04 Å². The zero-order valence-electron chi connectivity index (χ0n) is 9.45. The van der Waals surface area contributed by atoms with E-state index < -0.39 is 0 Å². The minimum atomic E-state index is -0.327. The van der Waals surface area contributed by atoms with E-state index in [1.165, 1.54) is 22.9 Å². The Bertz CT molecular complexity index is 525. The molecule has 17 heavy (non-hydrogen) atoms. The zero-order valence-corrected chi connectivity index (χ0v) is 10.3. The summed E-state index contributed by atoms with van der Waals surface area (Å²) in [6, 6.07) is 8.59. The third-order valence-electron chi connectivity index (χ3n) is 3.31. The predicted octanol–water partition coefficient (Wildman–Crippen LogP) is 3.42. The second-order valence-corrected chi connectivity index (χ2v) is 5.62. The molecule has 0 spiro atoms. The smallest absolute Gasteiger partial charge is 0.128 e. The van der Waals surface area contributed by atoms with Crippen LogP contribution in [0.1, 0.15) is 33.3 Å². The van der Waals surface area contributed by atoms with Crippen molar-refractivity contribution in [2.45, 2.75) is 25.3 Å². The number of hydrogen-bond acceptors (Lipinski definition) is 2. The second kappa shape index (κ2) is 4.24. The monoisotopic (exact) mass is 247 g/mol. The Hall–Kier alpha value is -1.19. The molecular weight excluding hydrogens is 233 g/mol. The van der Waals surface area contributed by atoms with E-state index >= 15 is 0 Å².